The molecule has 0 spiro atoms. The highest BCUT2D eigenvalue weighted by Crippen LogP contribution is 2.49. The third-order valence-corrected chi connectivity index (χ3v) is 3.64. The van der Waals surface area contributed by atoms with E-state index in [0.717, 1.165) is 18.6 Å². The van der Waals surface area contributed by atoms with E-state index in [1.165, 1.54) is 7.11 Å². The largest absolute Gasteiger partial charge is 0.463 e. The van der Waals surface area contributed by atoms with E-state index in [4.69, 9.17) is 10.2 Å². The lowest BCUT2D eigenvalue weighted by molar-refractivity contribution is 0.0560. The van der Waals surface area contributed by atoms with E-state index in [1.54, 1.807) is 12.1 Å². The predicted molar refractivity (Wildman–Crippen MR) is 59.2 cm³/mol. The fourth-order valence-corrected chi connectivity index (χ4v) is 1.89. The minimum Gasteiger partial charge on any atom is -0.463 e. The van der Waals surface area contributed by atoms with E-state index in [1.807, 2.05) is 13.8 Å². The zero-order valence-electron chi connectivity index (χ0n) is 9.87. The molecule has 4 heteroatoms. The second-order valence-electron chi connectivity index (χ2n) is 4.94. The van der Waals surface area contributed by atoms with E-state index >= 15 is 0 Å². The molecule has 1 aliphatic rings. The van der Waals surface area contributed by atoms with Crippen LogP contribution in [0.5, 0.6) is 0 Å². The summed E-state index contributed by atoms with van der Waals surface area (Å²) in [6.07, 6.45) is 1.99. The maximum atomic E-state index is 11.3. The second-order valence-corrected chi connectivity index (χ2v) is 4.94. The molecule has 1 saturated carbocycles. The van der Waals surface area contributed by atoms with Crippen molar-refractivity contribution in [3.05, 3.63) is 23.7 Å². The highest BCUT2D eigenvalue weighted by molar-refractivity contribution is 5.86. The molecule has 0 amide bonds. The van der Waals surface area contributed by atoms with Crippen LogP contribution in [0, 0.1) is 0 Å². The van der Waals surface area contributed by atoms with Gasteiger partial charge in [-0.05, 0) is 25.0 Å². The first-order valence-corrected chi connectivity index (χ1v) is 5.38. The first-order valence-electron chi connectivity index (χ1n) is 5.38. The number of carbonyl (C=O) groups is 1. The molecule has 0 saturated heterocycles. The van der Waals surface area contributed by atoms with Crippen molar-refractivity contribution in [1.29, 1.82) is 0 Å². The van der Waals surface area contributed by atoms with Crippen molar-refractivity contribution in [1.82, 2.24) is 0 Å². The summed E-state index contributed by atoms with van der Waals surface area (Å²) >= 11 is 0. The summed E-state index contributed by atoms with van der Waals surface area (Å²) in [7, 11) is 1.33. The van der Waals surface area contributed by atoms with Crippen LogP contribution < -0.4 is 5.73 Å². The van der Waals surface area contributed by atoms with Gasteiger partial charge in [0.05, 0.1) is 7.11 Å². The molecule has 4 nitrogen and oxygen atoms in total. The molecule has 0 bridgehead atoms. The SMILES string of the molecule is COC(=O)c1ccc(C(C)(C)C2(N)CC2)o1. The van der Waals surface area contributed by atoms with Gasteiger partial charge < -0.3 is 14.9 Å². The van der Waals surface area contributed by atoms with Gasteiger partial charge >= 0.3 is 5.97 Å². The van der Waals surface area contributed by atoms with Gasteiger partial charge in [0.25, 0.3) is 0 Å². The molecule has 0 aromatic carbocycles. The topological polar surface area (TPSA) is 65.5 Å². The molecule has 88 valence electrons. The maximum absolute atomic E-state index is 11.3. The summed E-state index contributed by atoms with van der Waals surface area (Å²) in [6, 6.07) is 3.44. The van der Waals surface area contributed by atoms with Gasteiger partial charge in [-0.3, -0.25) is 0 Å². The van der Waals surface area contributed by atoms with Crippen LogP contribution >= 0.6 is 0 Å². The fraction of sp³-hybridized carbons (Fsp3) is 0.583. The quantitative estimate of drug-likeness (QED) is 0.794. The van der Waals surface area contributed by atoms with E-state index in [9.17, 15) is 4.79 Å². The summed E-state index contributed by atoms with van der Waals surface area (Å²) in [4.78, 5) is 11.3. The van der Waals surface area contributed by atoms with Crippen LogP contribution in [0.15, 0.2) is 16.5 Å². The summed E-state index contributed by atoms with van der Waals surface area (Å²) in [6.45, 7) is 4.08. The molecule has 1 aliphatic carbocycles. The molecular weight excluding hydrogens is 206 g/mol. The summed E-state index contributed by atoms with van der Waals surface area (Å²) in [5.41, 5.74) is 5.75. The lowest BCUT2D eigenvalue weighted by atomic mass is 9.80. The van der Waals surface area contributed by atoms with Crippen LogP contribution in [0.1, 0.15) is 43.0 Å². The number of ether oxygens (including phenoxy) is 1. The number of esters is 1. The van der Waals surface area contributed by atoms with Gasteiger partial charge in [0.15, 0.2) is 0 Å². The van der Waals surface area contributed by atoms with Crippen molar-refractivity contribution < 1.29 is 13.9 Å². The number of hydrogen-bond donors (Lipinski definition) is 1. The van der Waals surface area contributed by atoms with E-state index < -0.39 is 5.97 Å². The molecule has 2 N–H and O–H groups in total. The molecule has 0 aliphatic heterocycles. The fourth-order valence-electron chi connectivity index (χ4n) is 1.89. The Hall–Kier alpha value is -1.29. The van der Waals surface area contributed by atoms with Gasteiger partial charge in [0, 0.05) is 11.0 Å². The molecule has 1 aromatic heterocycles. The Morgan fingerprint density at radius 2 is 2.12 bits per heavy atom. The number of hydrogen-bond acceptors (Lipinski definition) is 4. The van der Waals surface area contributed by atoms with E-state index in [-0.39, 0.29) is 16.7 Å². The van der Waals surface area contributed by atoms with Gasteiger partial charge in [-0.1, -0.05) is 13.8 Å². The molecule has 0 atom stereocenters. The molecule has 1 heterocycles. The van der Waals surface area contributed by atoms with Gasteiger partial charge in [-0.2, -0.15) is 0 Å². The molecule has 0 unspecified atom stereocenters. The minimum absolute atomic E-state index is 0.196. The van der Waals surface area contributed by atoms with Crippen molar-refractivity contribution in [2.24, 2.45) is 5.73 Å². The number of rotatable bonds is 3. The Balaban J connectivity index is 2.28. The number of carbonyl (C=O) groups excluding carboxylic acids is 1. The zero-order chi connectivity index (χ0) is 12.0. The molecule has 0 radical (unpaired) electrons. The van der Waals surface area contributed by atoms with E-state index in [0.29, 0.717) is 0 Å². The molecular formula is C12H17NO3. The predicted octanol–water partition coefficient (Wildman–Crippen LogP) is 1.84. The van der Waals surface area contributed by atoms with Crippen molar-refractivity contribution in [3.8, 4) is 0 Å². The van der Waals surface area contributed by atoms with Crippen LogP contribution in [0.4, 0.5) is 0 Å². The Morgan fingerprint density at radius 3 is 2.62 bits per heavy atom. The van der Waals surface area contributed by atoms with Gasteiger partial charge in [-0.15, -0.1) is 0 Å². The van der Waals surface area contributed by atoms with Crippen molar-refractivity contribution >= 4 is 5.97 Å². The molecule has 2 rings (SSSR count). The van der Waals surface area contributed by atoms with Gasteiger partial charge in [-0.25, -0.2) is 4.79 Å². The lowest BCUT2D eigenvalue weighted by Crippen LogP contribution is -2.43. The lowest BCUT2D eigenvalue weighted by Gasteiger charge is -2.29. The zero-order valence-corrected chi connectivity index (χ0v) is 9.87. The van der Waals surface area contributed by atoms with Gasteiger partial charge in [0.1, 0.15) is 5.76 Å². The first kappa shape index (κ1) is 11.2. The average Bonchev–Trinajstić information content (AvgIpc) is 2.84. The van der Waals surface area contributed by atoms with Crippen LogP contribution in [0.2, 0.25) is 0 Å². The smallest absolute Gasteiger partial charge is 0.373 e. The Labute approximate surface area is 94.8 Å². The van der Waals surface area contributed by atoms with Crippen molar-refractivity contribution in [2.45, 2.75) is 37.6 Å². The van der Waals surface area contributed by atoms with Gasteiger partial charge in [0.2, 0.25) is 5.76 Å². The highest BCUT2D eigenvalue weighted by atomic mass is 16.5. The van der Waals surface area contributed by atoms with Crippen LogP contribution in [-0.2, 0) is 10.2 Å². The molecule has 16 heavy (non-hydrogen) atoms. The van der Waals surface area contributed by atoms with Crippen LogP contribution in [0.25, 0.3) is 0 Å². The maximum Gasteiger partial charge on any atom is 0.373 e. The molecule has 1 aromatic rings. The number of furan rings is 1. The van der Waals surface area contributed by atoms with Crippen LogP contribution in [-0.4, -0.2) is 18.6 Å². The first-order chi connectivity index (χ1) is 7.40. The summed E-state index contributed by atoms with van der Waals surface area (Å²) in [5.74, 6) is 0.520. The molecule has 1 fully saturated rings. The second kappa shape index (κ2) is 3.35. The Morgan fingerprint density at radius 1 is 1.50 bits per heavy atom. The van der Waals surface area contributed by atoms with Crippen LogP contribution in [0.3, 0.4) is 0 Å². The minimum atomic E-state index is -0.455. The van der Waals surface area contributed by atoms with Crippen molar-refractivity contribution in [2.75, 3.05) is 7.11 Å². The third-order valence-electron chi connectivity index (χ3n) is 3.64. The Bertz CT molecular complexity index is 416. The number of nitrogens with two attached hydrogens (primary N) is 1. The van der Waals surface area contributed by atoms with E-state index in [2.05, 4.69) is 4.74 Å². The average molecular weight is 223 g/mol. The summed E-state index contributed by atoms with van der Waals surface area (Å²) in [5, 5.41) is 0. The summed E-state index contributed by atoms with van der Waals surface area (Å²) < 4.78 is 10.1. The highest BCUT2D eigenvalue weighted by Gasteiger charge is 2.53. The third kappa shape index (κ3) is 1.53. The normalized spacial score (nSPS) is 18.2. The number of methoxy groups -OCH3 is 1. The Kier molecular flexibility index (Phi) is 2.35. The monoisotopic (exact) mass is 223 g/mol. The van der Waals surface area contributed by atoms with Crippen molar-refractivity contribution in [3.63, 3.8) is 0 Å². The standard InChI is InChI=1S/C12H17NO3/c1-11(2,12(13)6-7-12)9-5-4-8(16-9)10(14)15-3/h4-5H,6-7,13H2,1-3H3.